The van der Waals surface area contributed by atoms with Crippen molar-refractivity contribution in [3.05, 3.63) is 41.6 Å². The Morgan fingerprint density at radius 2 is 1.86 bits per heavy atom. The summed E-state index contributed by atoms with van der Waals surface area (Å²) in [6.45, 7) is 2.01. The van der Waals surface area contributed by atoms with E-state index in [2.05, 4.69) is 20.6 Å². The number of benzene rings is 1. The first-order valence-corrected chi connectivity index (χ1v) is 9.68. The number of amides is 1. The molecule has 0 radical (unpaired) electrons. The molecule has 8 heteroatoms. The van der Waals surface area contributed by atoms with Gasteiger partial charge in [-0.15, -0.1) is 12.4 Å². The zero-order valence-corrected chi connectivity index (χ0v) is 18.3. The van der Waals surface area contributed by atoms with Crippen LogP contribution in [0.2, 0.25) is 0 Å². The summed E-state index contributed by atoms with van der Waals surface area (Å²) in [4.78, 5) is 23.5. The Morgan fingerprint density at radius 3 is 2.52 bits per heavy atom. The predicted molar refractivity (Wildman–Crippen MR) is 118 cm³/mol. The SMILES string of the molecule is COc1cccc(C(=O)N[C@H]2CC[C@@H](Nc3ncc(C)c(N(C)C)n3)CC2)c1.Cl. The van der Waals surface area contributed by atoms with E-state index in [4.69, 9.17) is 4.74 Å². The van der Waals surface area contributed by atoms with Gasteiger partial charge in [-0.05, 0) is 50.8 Å². The Morgan fingerprint density at radius 1 is 1.17 bits per heavy atom. The Bertz CT molecular complexity index is 822. The van der Waals surface area contributed by atoms with Crippen molar-refractivity contribution in [2.75, 3.05) is 31.4 Å². The lowest BCUT2D eigenvalue weighted by molar-refractivity contribution is 0.0926. The van der Waals surface area contributed by atoms with E-state index in [1.54, 1.807) is 13.2 Å². The highest BCUT2D eigenvalue weighted by molar-refractivity contribution is 5.94. The molecule has 1 saturated carbocycles. The van der Waals surface area contributed by atoms with Gasteiger partial charge in [0.15, 0.2) is 0 Å². The third-order valence-corrected chi connectivity index (χ3v) is 5.10. The molecule has 3 rings (SSSR count). The minimum Gasteiger partial charge on any atom is -0.497 e. The van der Waals surface area contributed by atoms with Gasteiger partial charge in [-0.25, -0.2) is 4.98 Å². The molecule has 0 unspecified atom stereocenters. The second-order valence-electron chi connectivity index (χ2n) is 7.49. The van der Waals surface area contributed by atoms with Crippen LogP contribution in [-0.2, 0) is 0 Å². The Hall–Kier alpha value is -2.54. The molecule has 0 atom stereocenters. The van der Waals surface area contributed by atoms with Gasteiger partial charge in [0, 0.05) is 43.5 Å². The number of carbonyl (C=O) groups excluding carboxylic acids is 1. The predicted octanol–water partition coefficient (Wildman–Crippen LogP) is 3.43. The summed E-state index contributed by atoms with van der Waals surface area (Å²) in [5, 5.41) is 6.59. The number of halogens is 1. The van der Waals surface area contributed by atoms with Gasteiger partial charge in [0.1, 0.15) is 11.6 Å². The van der Waals surface area contributed by atoms with Gasteiger partial charge in [-0.3, -0.25) is 4.79 Å². The van der Waals surface area contributed by atoms with E-state index in [1.165, 1.54) is 0 Å². The van der Waals surface area contributed by atoms with Crippen LogP contribution in [0.25, 0.3) is 0 Å². The summed E-state index contributed by atoms with van der Waals surface area (Å²) in [6, 6.07) is 7.75. The lowest BCUT2D eigenvalue weighted by atomic mass is 9.91. The Balaban J connectivity index is 0.00000300. The van der Waals surface area contributed by atoms with Crippen molar-refractivity contribution in [1.29, 1.82) is 0 Å². The van der Waals surface area contributed by atoms with Gasteiger partial charge in [0.05, 0.1) is 7.11 Å². The summed E-state index contributed by atoms with van der Waals surface area (Å²) in [5.41, 5.74) is 1.68. The first kappa shape index (κ1) is 22.7. The molecular formula is C21H30ClN5O2. The molecule has 29 heavy (non-hydrogen) atoms. The lowest BCUT2D eigenvalue weighted by Gasteiger charge is -2.30. The summed E-state index contributed by atoms with van der Waals surface area (Å²) < 4.78 is 5.19. The molecule has 2 N–H and O–H groups in total. The third-order valence-electron chi connectivity index (χ3n) is 5.10. The van der Waals surface area contributed by atoms with Gasteiger partial charge in [0.25, 0.3) is 5.91 Å². The summed E-state index contributed by atoms with van der Waals surface area (Å²) in [5.74, 6) is 2.23. The fourth-order valence-corrected chi connectivity index (χ4v) is 3.55. The Labute approximate surface area is 178 Å². The maximum Gasteiger partial charge on any atom is 0.251 e. The molecule has 0 saturated heterocycles. The van der Waals surface area contributed by atoms with E-state index in [0.717, 1.165) is 37.1 Å². The summed E-state index contributed by atoms with van der Waals surface area (Å²) >= 11 is 0. The smallest absolute Gasteiger partial charge is 0.251 e. The highest BCUT2D eigenvalue weighted by atomic mass is 35.5. The van der Waals surface area contributed by atoms with Crippen molar-refractivity contribution in [2.24, 2.45) is 0 Å². The zero-order chi connectivity index (χ0) is 20.1. The second-order valence-corrected chi connectivity index (χ2v) is 7.49. The van der Waals surface area contributed by atoms with Crippen LogP contribution in [0.1, 0.15) is 41.6 Å². The lowest BCUT2D eigenvalue weighted by Crippen LogP contribution is -2.40. The van der Waals surface area contributed by atoms with Gasteiger partial charge < -0.3 is 20.3 Å². The monoisotopic (exact) mass is 419 g/mol. The average Bonchev–Trinajstić information content (AvgIpc) is 2.70. The van der Waals surface area contributed by atoms with Crippen LogP contribution in [0.5, 0.6) is 5.75 Å². The third kappa shape index (κ3) is 5.97. The van der Waals surface area contributed by atoms with Crippen LogP contribution in [0.4, 0.5) is 11.8 Å². The molecule has 1 aromatic carbocycles. The summed E-state index contributed by atoms with van der Waals surface area (Å²) in [6.07, 6.45) is 5.65. The number of aryl methyl sites for hydroxylation is 1. The maximum absolute atomic E-state index is 12.5. The number of methoxy groups -OCH3 is 1. The van der Waals surface area contributed by atoms with Gasteiger partial charge in [-0.2, -0.15) is 4.98 Å². The largest absolute Gasteiger partial charge is 0.497 e. The molecule has 0 spiro atoms. The van der Waals surface area contributed by atoms with Crippen LogP contribution in [0.3, 0.4) is 0 Å². The first-order chi connectivity index (χ1) is 13.5. The van der Waals surface area contributed by atoms with Crippen molar-refractivity contribution < 1.29 is 9.53 Å². The molecule has 1 aliphatic rings. The van der Waals surface area contributed by atoms with Crippen molar-refractivity contribution in [3.63, 3.8) is 0 Å². The van der Waals surface area contributed by atoms with Crippen molar-refractivity contribution in [2.45, 2.75) is 44.7 Å². The van der Waals surface area contributed by atoms with Gasteiger partial charge in [0.2, 0.25) is 5.95 Å². The van der Waals surface area contributed by atoms with E-state index < -0.39 is 0 Å². The number of carbonyl (C=O) groups is 1. The number of ether oxygens (including phenoxy) is 1. The Kier molecular flexibility index (Phi) is 8.08. The average molecular weight is 420 g/mol. The topological polar surface area (TPSA) is 79.4 Å². The van der Waals surface area contributed by atoms with Gasteiger partial charge in [-0.1, -0.05) is 6.07 Å². The minimum absolute atomic E-state index is 0. The fourth-order valence-electron chi connectivity index (χ4n) is 3.55. The molecule has 0 bridgehead atoms. The fraction of sp³-hybridized carbons (Fsp3) is 0.476. The maximum atomic E-state index is 12.5. The highest BCUT2D eigenvalue weighted by Crippen LogP contribution is 2.23. The second kappa shape index (κ2) is 10.3. The molecule has 2 aromatic rings. The quantitative estimate of drug-likeness (QED) is 0.746. The standard InChI is InChI=1S/C21H29N5O2.ClH/c1-14-13-22-21(25-19(14)26(2)3)24-17-10-8-16(9-11-17)23-20(27)15-6-5-7-18(12-15)28-4;/h5-7,12-13,16-17H,8-11H2,1-4H3,(H,23,27)(H,22,24,25);1H/t16-,17+;. The molecule has 1 fully saturated rings. The van der Waals surface area contributed by atoms with Crippen LogP contribution in [0.15, 0.2) is 30.5 Å². The number of nitrogens with one attached hydrogen (secondary N) is 2. The number of rotatable bonds is 6. The molecule has 1 aliphatic carbocycles. The number of aromatic nitrogens is 2. The minimum atomic E-state index is -0.0483. The highest BCUT2D eigenvalue weighted by Gasteiger charge is 2.23. The van der Waals surface area contributed by atoms with Crippen LogP contribution in [-0.4, -0.2) is 49.2 Å². The molecule has 1 heterocycles. The van der Waals surface area contributed by atoms with Crippen molar-refractivity contribution in [1.82, 2.24) is 15.3 Å². The van der Waals surface area contributed by atoms with E-state index in [9.17, 15) is 4.79 Å². The van der Waals surface area contributed by atoms with Gasteiger partial charge >= 0.3 is 0 Å². The number of nitrogens with zero attached hydrogens (tertiary/aromatic N) is 3. The zero-order valence-electron chi connectivity index (χ0n) is 17.4. The van der Waals surface area contributed by atoms with Crippen molar-refractivity contribution >= 4 is 30.1 Å². The molecule has 158 valence electrons. The number of hydrogen-bond donors (Lipinski definition) is 2. The number of hydrogen-bond acceptors (Lipinski definition) is 6. The first-order valence-electron chi connectivity index (χ1n) is 9.68. The molecular weight excluding hydrogens is 390 g/mol. The van der Waals surface area contributed by atoms with Crippen LogP contribution >= 0.6 is 12.4 Å². The summed E-state index contributed by atoms with van der Waals surface area (Å²) in [7, 11) is 5.56. The molecule has 7 nitrogen and oxygen atoms in total. The van der Waals surface area contributed by atoms with E-state index in [-0.39, 0.29) is 24.4 Å². The van der Waals surface area contributed by atoms with Crippen LogP contribution < -0.4 is 20.3 Å². The normalized spacial score (nSPS) is 18.3. The molecule has 0 aliphatic heterocycles. The van der Waals surface area contributed by atoms with Crippen LogP contribution in [0, 0.1) is 6.92 Å². The number of anilines is 2. The van der Waals surface area contributed by atoms with E-state index >= 15 is 0 Å². The van der Waals surface area contributed by atoms with E-state index in [1.807, 2.05) is 50.3 Å². The van der Waals surface area contributed by atoms with E-state index in [0.29, 0.717) is 23.3 Å². The molecule has 1 amide bonds. The molecule has 1 aromatic heterocycles. The van der Waals surface area contributed by atoms with Crippen molar-refractivity contribution in [3.8, 4) is 5.75 Å².